The van der Waals surface area contributed by atoms with Crippen molar-refractivity contribution in [2.45, 2.75) is 13.8 Å². The van der Waals surface area contributed by atoms with Gasteiger partial charge in [-0.1, -0.05) is 58.7 Å². The van der Waals surface area contributed by atoms with E-state index in [1.54, 1.807) is 17.0 Å². The van der Waals surface area contributed by atoms with Crippen LogP contribution in [0.15, 0.2) is 46.9 Å². The summed E-state index contributed by atoms with van der Waals surface area (Å²) in [6.07, 6.45) is 0. The second kappa shape index (κ2) is 9.21. The lowest BCUT2D eigenvalue weighted by molar-refractivity contribution is 0.0991. The molecule has 4 aromatic rings. The van der Waals surface area contributed by atoms with E-state index >= 15 is 0 Å². The standard InChI is InChI=1S/C22H21ClN8O2/c1-12-8-10-14(11-9-12)17-25-20(27-21(26-17)31(3)4)28-22-30-29-19(33-22)18(32)24-16-13(2)6-5-7-15(16)23/h5-11H,1-4H3,(H,24,32)(H,25,26,27,28,30). The van der Waals surface area contributed by atoms with Gasteiger partial charge in [-0.05, 0) is 25.5 Å². The fourth-order valence-electron chi connectivity index (χ4n) is 2.87. The minimum atomic E-state index is -0.586. The summed E-state index contributed by atoms with van der Waals surface area (Å²) in [7, 11) is 3.65. The molecule has 0 spiro atoms. The van der Waals surface area contributed by atoms with Gasteiger partial charge >= 0.3 is 17.8 Å². The predicted molar refractivity (Wildman–Crippen MR) is 126 cm³/mol. The molecule has 0 aliphatic carbocycles. The SMILES string of the molecule is Cc1ccc(-c2nc(Nc3nnc(C(=O)Nc4c(C)cccc4Cl)o3)nc(N(C)C)n2)cc1. The largest absolute Gasteiger partial charge is 0.399 e. The maximum Gasteiger partial charge on any atom is 0.322 e. The zero-order valence-corrected chi connectivity index (χ0v) is 19.2. The van der Waals surface area contributed by atoms with Crippen molar-refractivity contribution in [3.8, 4) is 11.4 Å². The first-order chi connectivity index (χ1) is 15.8. The number of anilines is 4. The van der Waals surface area contributed by atoms with Gasteiger partial charge in [-0.25, -0.2) is 0 Å². The number of halogens is 1. The van der Waals surface area contributed by atoms with E-state index in [1.165, 1.54) is 0 Å². The molecule has 2 N–H and O–H groups in total. The zero-order chi connectivity index (χ0) is 23.5. The number of nitrogens with zero attached hydrogens (tertiary/aromatic N) is 6. The Hall–Kier alpha value is -4.05. The van der Waals surface area contributed by atoms with Crippen LogP contribution in [0.1, 0.15) is 21.8 Å². The highest BCUT2D eigenvalue weighted by molar-refractivity contribution is 6.34. The summed E-state index contributed by atoms with van der Waals surface area (Å²) < 4.78 is 5.46. The summed E-state index contributed by atoms with van der Waals surface area (Å²) in [5.41, 5.74) is 3.24. The third-order valence-electron chi connectivity index (χ3n) is 4.63. The van der Waals surface area contributed by atoms with Gasteiger partial charge in [0, 0.05) is 19.7 Å². The van der Waals surface area contributed by atoms with E-state index in [1.807, 2.05) is 58.3 Å². The summed E-state index contributed by atoms with van der Waals surface area (Å²) in [6.45, 7) is 3.84. The number of nitrogens with one attached hydrogen (secondary N) is 2. The molecule has 33 heavy (non-hydrogen) atoms. The van der Waals surface area contributed by atoms with Crippen LogP contribution in [0.5, 0.6) is 0 Å². The summed E-state index contributed by atoms with van der Waals surface area (Å²) in [5.74, 6) is 0.286. The summed E-state index contributed by atoms with van der Waals surface area (Å²) in [4.78, 5) is 27.6. The van der Waals surface area contributed by atoms with Crippen LogP contribution in [-0.2, 0) is 0 Å². The van der Waals surface area contributed by atoms with Crippen LogP contribution in [0.4, 0.5) is 23.6 Å². The van der Waals surface area contributed by atoms with Crippen LogP contribution in [-0.4, -0.2) is 45.2 Å². The molecule has 0 bridgehead atoms. The van der Waals surface area contributed by atoms with Gasteiger partial charge in [0.2, 0.25) is 11.9 Å². The minimum Gasteiger partial charge on any atom is -0.399 e. The van der Waals surface area contributed by atoms with Crippen LogP contribution in [0, 0.1) is 13.8 Å². The van der Waals surface area contributed by atoms with Gasteiger partial charge in [-0.2, -0.15) is 15.0 Å². The molecule has 4 rings (SSSR count). The van der Waals surface area contributed by atoms with Crippen LogP contribution in [0.3, 0.4) is 0 Å². The molecule has 1 amide bonds. The van der Waals surface area contributed by atoms with Crippen LogP contribution in [0.25, 0.3) is 11.4 Å². The molecule has 0 unspecified atom stereocenters. The molecule has 0 aliphatic rings. The fraction of sp³-hybridized carbons (Fsp3) is 0.182. The molecule has 0 saturated carbocycles. The number of benzene rings is 2. The first-order valence-corrected chi connectivity index (χ1v) is 10.4. The van der Waals surface area contributed by atoms with Crippen molar-refractivity contribution in [3.63, 3.8) is 0 Å². The molecular formula is C22H21ClN8O2. The van der Waals surface area contributed by atoms with Crippen LogP contribution >= 0.6 is 11.6 Å². The van der Waals surface area contributed by atoms with Crippen molar-refractivity contribution >= 4 is 41.1 Å². The molecule has 2 heterocycles. The maximum absolute atomic E-state index is 12.6. The monoisotopic (exact) mass is 464 g/mol. The summed E-state index contributed by atoms with van der Waals surface area (Å²) in [5, 5.41) is 13.6. The zero-order valence-electron chi connectivity index (χ0n) is 18.4. The number of hydrogen-bond donors (Lipinski definition) is 2. The first-order valence-electron chi connectivity index (χ1n) is 9.97. The highest BCUT2D eigenvalue weighted by Gasteiger charge is 2.19. The fourth-order valence-corrected chi connectivity index (χ4v) is 3.14. The number of aromatic nitrogens is 5. The Labute approximate surface area is 195 Å². The van der Waals surface area contributed by atoms with Crippen molar-refractivity contribution in [2.75, 3.05) is 29.6 Å². The second-order valence-electron chi connectivity index (χ2n) is 7.47. The van der Waals surface area contributed by atoms with Crippen molar-refractivity contribution in [3.05, 3.63) is 64.5 Å². The first kappa shape index (κ1) is 22.2. The maximum atomic E-state index is 12.6. The molecule has 0 saturated heterocycles. The van der Waals surface area contributed by atoms with E-state index in [4.69, 9.17) is 16.0 Å². The van der Waals surface area contributed by atoms with E-state index in [0.717, 1.165) is 16.7 Å². The molecule has 0 atom stereocenters. The molecular weight excluding hydrogens is 444 g/mol. The smallest absolute Gasteiger partial charge is 0.322 e. The number of hydrogen-bond acceptors (Lipinski definition) is 9. The topological polar surface area (TPSA) is 122 Å². The van der Waals surface area contributed by atoms with E-state index in [0.29, 0.717) is 22.5 Å². The Morgan fingerprint density at radius 1 is 1.00 bits per heavy atom. The molecule has 10 nitrogen and oxygen atoms in total. The lowest BCUT2D eigenvalue weighted by Crippen LogP contribution is -2.15. The number of para-hydroxylation sites is 1. The van der Waals surface area contributed by atoms with Crippen molar-refractivity contribution in [1.82, 2.24) is 25.1 Å². The van der Waals surface area contributed by atoms with Crippen molar-refractivity contribution < 1.29 is 9.21 Å². The lowest BCUT2D eigenvalue weighted by Gasteiger charge is -2.12. The number of carbonyl (C=O) groups is 1. The molecule has 2 aromatic heterocycles. The van der Waals surface area contributed by atoms with Gasteiger partial charge in [0.15, 0.2) is 5.82 Å². The number of aryl methyl sites for hydroxylation is 2. The Morgan fingerprint density at radius 3 is 2.45 bits per heavy atom. The average molecular weight is 465 g/mol. The number of amides is 1. The van der Waals surface area contributed by atoms with Gasteiger partial charge < -0.3 is 14.6 Å². The van der Waals surface area contributed by atoms with Gasteiger partial charge in [0.1, 0.15) is 0 Å². The van der Waals surface area contributed by atoms with E-state index in [-0.39, 0.29) is 17.9 Å². The van der Waals surface area contributed by atoms with Crippen LogP contribution < -0.4 is 15.5 Å². The number of rotatable bonds is 6. The second-order valence-corrected chi connectivity index (χ2v) is 7.87. The molecule has 0 fully saturated rings. The van der Waals surface area contributed by atoms with Gasteiger partial charge in [0.25, 0.3) is 0 Å². The highest BCUT2D eigenvalue weighted by atomic mass is 35.5. The molecule has 2 aromatic carbocycles. The summed E-state index contributed by atoms with van der Waals surface area (Å²) in [6, 6.07) is 13.1. The normalized spacial score (nSPS) is 10.7. The van der Waals surface area contributed by atoms with E-state index in [9.17, 15) is 4.79 Å². The van der Waals surface area contributed by atoms with Gasteiger partial charge in [0.05, 0.1) is 10.7 Å². The van der Waals surface area contributed by atoms with E-state index < -0.39 is 5.91 Å². The highest BCUT2D eigenvalue weighted by Crippen LogP contribution is 2.26. The molecule has 0 aliphatic heterocycles. The lowest BCUT2D eigenvalue weighted by atomic mass is 10.1. The summed E-state index contributed by atoms with van der Waals surface area (Å²) >= 11 is 6.17. The van der Waals surface area contributed by atoms with Crippen molar-refractivity contribution in [1.29, 1.82) is 0 Å². The van der Waals surface area contributed by atoms with Gasteiger partial charge in [-0.3, -0.25) is 10.1 Å². The Morgan fingerprint density at radius 2 is 1.76 bits per heavy atom. The average Bonchev–Trinajstić information content (AvgIpc) is 3.25. The molecule has 0 radical (unpaired) electrons. The quantitative estimate of drug-likeness (QED) is 0.431. The predicted octanol–water partition coefficient (Wildman–Crippen LogP) is 4.25. The third-order valence-corrected chi connectivity index (χ3v) is 4.95. The Bertz CT molecular complexity index is 1280. The van der Waals surface area contributed by atoms with Gasteiger partial charge in [-0.15, -0.1) is 5.10 Å². The Balaban J connectivity index is 1.57. The Kier molecular flexibility index (Phi) is 6.18. The number of carbonyl (C=O) groups excluding carboxylic acids is 1. The molecule has 168 valence electrons. The third kappa shape index (κ3) is 5.07. The van der Waals surface area contributed by atoms with Crippen molar-refractivity contribution in [2.24, 2.45) is 0 Å². The molecule has 11 heteroatoms. The van der Waals surface area contributed by atoms with E-state index in [2.05, 4.69) is 35.8 Å². The minimum absolute atomic E-state index is 0.0400. The van der Waals surface area contributed by atoms with Crippen LogP contribution in [0.2, 0.25) is 5.02 Å².